The van der Waals surface area contributed by atoms with Gasteiger partial charge in [0.2, 0.25) is 0 Å². The molecule has 162 valence electrons. The number of nitrogens with zero attached hydrogens (tertiary/aromatic N) is 3. The van der Waals surface area contributed by atoms with E-state index < -0.39 is 10.1 Å². The summed E-state index contributed by atoms with van der Waals surface area (Å²) in [5, 5.41) is 9.10. The fourth-order valence-corrected chi connectivity index (χ4v) is 4.69. The van der Waals surface area contributed by atoms with Crippen molar-refractivity contribution < 1.29 is 17.3 Å². The number of hydrogen-bond acceptors (Lipinski definition) is 6. The third-order valence-electron chi connectivity index (χ3n) is 5.47. The van der Waals surface area contributed by atoms with E-state index in [4.69, 9.17) is 14.2 Å². The minimum Gasteiger partial charge on any atom is -0.459 e. The summed E-state index contributed by atoms with van der Waals surface area (Å²) in [5.74, 6) is 0. The Balaban J connectivity index is 1.16. The Bertz CT molecular complexity index is 1210. The highest BCUT2D eigenvalue weighted by atomic mass is 32.2. The van der Waals surface area contributed by atoms with Gasteiger partial charge in [-0.15, -0.1) is 0 Å². The Morgan fingerprint density at radius 3 is 2.71 bits per heavy atom. The molecule has 2 heterocycles. The van der Waals surface area contributed by atoms with Gasteiger partial charge in [0.05, 0.1) is 40.7 Å². The van der Waals surface area contributed by atoms with Crippen LogP contribution in [0, 0.1) is 18.3 Å². The van der Waals surface area contributed by atoms with E-state index in [1.54, 1.807) is 30.3 Å². The first-order valence-corrected chi connectivity index (χ1v) is 11.9. The summed E-state index contributed by atoms with van der Waals surface area (Å²) in [4.78, 5) is 4.70. The molecule has 2 aromatic carbocycles. The lowest BCUT2D eigenvalue weighted by Crippen LogP contribution is -2.14. The molecule has 0 radical (unpaired) electrons. The molecular formula is C23H25N3O4S. The molecule has 1 aliphatic rings. The molecule has 1 aliphatic heterocycles. The molecular weight excluding hydrogens is 414 g/mol. The van der Waals surface area contributed by atoms with Crippen LogP contribution in [0.5, 0.6) is 6.01 Å². The minimum absolute atomic E-state index is 0.0795. The van der Waals surface area contributed by atoms with E-state index >= 15 is 0 Å². The molecule has 0 bridgehead atoms. The van der Waals surface area contributed by atoms with Crippen molar-refractivity contribution in [3.63, 3.8) is 0 Å². The molecule has 7 nitrogen and oxygen atoms in total. The molecule has 4 rings (SSSR count). The summed E-state index contributed by atoms with van der Waals surface area (Å²) in [6.45, 7) is 2.84. The molecule has 0 saturated heterocycles. The second kappa shape index (κ2) is 9.08. The third kappa shape index (κ3) is 4.89. The molecule has 0 saturated carbocycles. The number of rotatable bonds is 9. The van der Waals surface area contributed by atoms with Gasteiger partial charge in [-0.2, -0.15) is 18.7 Å². The lowest BCUT2D eigenvalue weighted by atomic mass is 10.1. The summed E-state index contributed by atoms with van der Waals surface area (Å²) in [7, 11) is -3.68. The van der Waals surface area contributed by atoms with Gasteiger partial charge < -0.3 is 4.74 Å². The molecule has 1 atom stereocenters. The standard InChI is InChI=1S/C23H25N3O4S/c1-17-7-10-20(11-8-17)31(27,28)29-13-5-3-2-4-6-19-16-26-22-14-18(15-24)9-12-21(22)25-23(26)30-19/h7-12,14,19H,2-6,13,16H2,1H3. The zero-order valence-electron chi connectivity index (χ0n) is 17.5. The van der Waals surface area contributed by atoms with Crippen LogP contribution in [0.2, 0.25) is 0 Å². The van der Waals surface area contributed by atoms with Gasteiger partial charge in [0.15, 0.2) is 0 Å². The highest BCUT2D eigenvalue weighted by molar-refractivity contribution is 7.86. The van der Waals surface area contributed by atoms with E-state index in [2.05, 4.69) is 11.1 Å². The number of aromatic nitrogens is 2. The summed E-state index contributed by atoms with van der Waals surface area (Å²) < 4.78 is 37.4. The van der Waals surface area contributed by atoms with Crippen LogP contribution in [0.15, 0.2) is 47.4 Å². The Morgan fingerprint density at radius 1 is 1.16 bits per heavy atom. The minimum atomic E-state index is -3.68. The zero-order chi connectivity index (χ0) is 21.8. The largest absolute Gasteiger partial charge is 0.459 e. The fraction of sp³-hybridized carbons (Fsp3) is 0.391. The number of fused-ring (bicyclic) bond motifs is 3. The van der Waals surface area contributed by atoms with Crippen LogP contribution < -0.4 is 4.74 Å². The number of imidazole rings is 1. The van der Waals surface area contributed by atoms with Gasteiger partial charge in [0.25, 0.3) is 16.1 Å². The van der Waals surface area contributed by atoms with Gasteiger partial charge in [0, 0.05) is 0 Å². The van der Waals surface area contributed by atoms with Crippen molar-refractivity contribution in [2.75, 3.05) is 6.61 Å². The molecule has 3 aromatic rings. The van der Waals surface area contributed by atoms with Crippen molar-refractivity contribution in [2.45, 2.75) is 56.6 Å². The highest BCUT2D eigenvalue weighted by Crippen LogP contribution is 2.30. The van der Waals surface area contributed by atoms with Crippen LogP contribution in [0.25, 0.3) is 11.0 Å². The first-order chi connectivity index (χ1) is 15.0. The van der Waals surface area contributed by atoms with Crippen molar-refractivity contribution in [3.8, 4) is 12.1 Å². The SMILES string of the molecule is Cc1ccc(S(=O)(=O)OCCCCCCC2Cn3c(nc4ccc(C#N)cc43)O2)cc1. The van der Waals surface area contributed by atoms with Gasteiger partial charge in [-0.05, 0) is 56.5 Å². The molecule has 1 aromatic heterocycles. The van der Waals surface area contributed by atoms with Crippen LogP contribution in [-0.2, 0) is 20.8 Å². The zero-order valence-corrected chi connectivity index (χ0v) is 18.3. The normalized spacial score (nSPS) is 15.5. The van der Waals surface area contributed by atoms with E-state index in [0.717, 1.165) is 48.8 Å². The number of unbranched alkanes of at least 4 members (excludes halogenated alkanes) is 3. The summed E-state index contributed by atoms with van der Waals surface area (Å²) >= 11 is 0. The molecule has 31 heavy (non-hydrogen) atoms. The number of benzene rings is 2. The third-order valence-corrected chi connectivity index (χ3v) is 6.80. The van der Waals surface area contributed by atoms with Gasteiger partial charge in [0.1, 0.15) is 6.10 Å². The van der Waals surface area contributed by atoms with Crippen molar-refractivity contribution in [2.24, 2.45) is 0 Å². The molecule has 0 fully saturated rings. The van der Waals surface area contributed by atoms with Gasteiger partial charge >= 0.3 is 0 Å². The van der Waals surface area contributed by atoms with Crippen molar-refractivity contribution in [3.05, 3.63) is 53.6 Å². The average molecular weight is 440 g/mol. The Morgan fingerprint density at radius 2 is 1.94 bits per heavy atom. The maximum Gasteiger partial charge on any atom is 0.297 e. The van der Waals surface area contributed by atoms with E-state index in [-0.39, 0.29) is 17.6 Å². The topological polar surface area (TPSA) is 94.2 Å². The highest BCUT2D eigenvalue weighted by Gasteiger charge is 2.26. The fourth-order valence-electron chi connectivity index (χ4n) is 3.75. The lowest BCUT2D eigenvalue weighted by Gasteiger charge is -2.09. The van der Waals surface area contributed by atoms with Gasteiger partial charge in [-0.1, -0.05) is 30.5 Å². The van der Waals surface area contributed by atoms with Crippen LogP contribution in [0.3, 0.4) is 0 Å². The van der Waals surface area contributed by atoms with Crippen LogP contribution in [0.4, 0.5) is 0 Å². The molecule has 0 spiro atoms. The molecule has 0 amide bonds. The monoisotopic (exact) mass is 439 g/mol. The smallest absolute Gasteiger partial charge is 0.297 e. The first kappa shape index (κ1) is 21.3. The average Bonchev–Trinajstić information content (AvgIpc) is 3.30. The predicted octanol–water partition coefficient (Wildman–Crippen LogP) is 4.33. The summed E-state index contributed by atoms with van der Waals surface area (Å²) in [6, 6.07) is 14.9. The molecule has 0 aliphatic carbocycles. The Hall–Kier alpha value is -2.89. The molecule has 8 heteroatoms. The summed E-state index contributed by atoms with van der Waals surface area (Å²) in [5.41, 5.74) is 3.40. The molecule has 1 unspecified atom stereocenters. The predicted molar refractivity (Wildman–Crippen MR) is 116 cm³/mol. The van der Waals surface area contributed by atoms with Crippen LogP contribution >= 0.6 is 0 Å². The first-order valence-electron chi connectivity index (χ1n) is 10.5. The van der Waals surface area contributed by atoms with Crippen LogP contribution in [0.1, 0.15) is 43.2 Å². The lowest BCUT2D eigenvalue weighted by molar-refractivity contribution is 0.208. The number of nitriles is 1. The van der Waals surface area contributed by atoms with Crippen molar-refractivity contribution in [1.82, 2.24) is 9.55 Å². The van der Waals surface area contributed by atoms with Gasteiger partial charge in [-0.25, -0.2) is 0 Å². The Labute approximate surface area is 182 Å². The number of ether oxygens (including phenoxy) is 1. The molecule has 0 N–H and O–H groups in total. The van der Waals surface area contributed by atoms with Crippen LogP contribution in [-0.4, -0.2) is 30.7 Å². The number of aryl methyl sites for hydroxylation is 1. The second-order valence-electron chi connectivity index (χ2n) is 7.85. The number of hydrogen-bond donors (Lipinski definition) is 0. The maximum atomic E-state index is 12.2. The second-order valence-corrected chi connectivity index (χ2v) is 9.47. The van der Waals surface area contributed by atoms with E-state index in [1.807, 2.05) is 23.6 Å². The van der Waals surface area contributed by atoms with E-state index in [1.165, 1.54) is 0 Å². The Kier molecular flexibility index (Phi) is 6.25. The van der Waals surface area contributed by atoms with E-state index in [0.29, 0.717) is 18.0 Å². The van der Waals surface area contributed by atoms with E-state index in [9.17, 15) is 8.42 Å². The van der Waals surface area contributed by atoms with Gasteiger partial charge in [-0.3, -0.25) is 8.75 Å². The summed E-state index contributed by atoms with van der Waals surface area (Å²) in [6.07, 6.45) is 4.55. The maximum absolute atomic E-state index is 12.2. The quantitative estimate of drug-likeness (QED) is 0.364. The van der Waals surface area contributed by atoms with Crippen molar-refractivity contribution >= 4 is 21.2 Å². The van der Waals surface area contributed by atoms with Crippen molar-refractivity contribution in [1.29, 1.82) is 5.26 Å².